The Morgan fingerprint density at radius 2 is 1.91 bits per heavy atom. The molecule has 2 N–H and O–H groups in total. The summed E-state index contributed by atoms with van der Waals surface area (Å²) in [6, 6.07) is 10.7. The van der Waals surface area contributed by atoms with E-state index in [1.54, 1.807) is 35.6 Å². The highest BCUT2D eigenvalue weighted by Crippen LogP contribution is 2.30. The second-order valence-electron chi connectivity index (χ2n) is 5.46. The number of rotatable bonds is 5. The third kappa shape index (κ3) is 4.04. The SMILES string of the molecule is C/C(=N\NC(=O)c1ccc(NC(=O)C2CC2)cc1)c1cccs1. The summed E-state index contributed by atoms with van der Waals surface area (Å²) in [5, 5.41) is 8.91. The van der Waals surface area contributed by atoms with Gasteiger partial charge in [-0.25, -0.2) is 5.43 Å². The van der Waals surface area contributed by atoms with Crippen molar-refractivity contribution in [3.63, 3.8) is 0 Å². The highest BCUT2D eigenvalue weighted by atomic mass is 32.1. The minimum absolute atomic E-state index is 0.0541. The molecule has 0 bridgehead atoms. The van der Waals surface area contributed by atoms with Crippen LogP contribution in [0.5, 0.6) is 0 Å². The van der Waals surface area contributed by atoms with E-state index >= 15 is 0 Å². The number of hydrogen-bond donors (Lipinski definition) is 2. The Hall–Kier alpha value is -2.47. The van der Waals surface area contributed by atoms with Crippen LogP contribution in [0.1, 0.15) is 35.0 Å². The van der Waals surface area contributed by atoms with Crippen LogP contribution in [0.25, 0.3) is 0 Å². The van der Waals surface area contributed by atoms with E-state index in [2.05, 4.69) is 15.8 Å². The first-order valence-corrected chi connectivity index (χ1v) is 8.31. The normalized spacial score (nSPS) is 14.4. The molecule has 1 aromatic heterocycles. The molecule has 0 spiro atoms. The lowest BCUT2D eigenvalue weighted by atomic mass is 10.2. The Labute approximate surface area is 138 Å². The Kier molecular flexibility index (Phi) is 4.52. The topological polar surface area (TPSA) is 70.6 Å². The minimum Gasteiger partial charge on any atom is -0.326 e. The van der Waals surface area contributed by atoms with Crippen molar-refractivity contribution in [3.05, 3.63) is 52.2 Å². The van der Waals surface area contributed by atoms with Gasteiger partial charge in [0.15, 0.2) is 0 Å². The van der Waals surface area contributed by atoms with Crippen LogP contribution in [0.2, 0.25) is 0 Å². The Balaban J connectivity index is 1.59. The molecule has 23 heavy (non-hydrogen) atoms. The van der Waals surface area contributed by atoms with Crippen molar-refractivity contribution < 1.29 is 9.59 Å². The van der Waals surface area contributed by atoms with Gasteiger partial charge in [-0.1, -0.05) is 6.07 Å². The fourth-order valence-electron chi connectivity index (χ4n) is 2.03. The molecule has 1 saturated carbocycles. The number of nitrogens with one attached hydrogen (secondary N) is 2. The summed E-state index contributed by atoms with van der Waals surface area (Å²) >= 11 is 1.57. The van der Waals surface area contributed by atoms with Gasteiger partial charge in [0.25, 0.3) is 5.91 Å². The standard InChI is InChI=1S/C17H17N3O2S/c1-11(15-3-2-10-23-15)19-20-17(22)13-6-8-14(9-7-13)18-16(21)12-4-5-12/h2-3,6-10,12H,4-5H2,1H3,(H,18,21)(H,20,22)/b19-11+. The zero-order valence-electron chi connectivity index (χ0n) is 12.7. The molecule has 0 radical (unpaired) electrons. The maximum Gasteiger partial charge on any atom is 0.271 e. The third-order valence-electron chi connectivity index (χ3n) is 3.57. The molecule has 3 rings (SSSR count). The van der Waals surface area contributed by atoms with Crippen LogP contribution in [0.3, 0.4) is 0 Å². The van der Waals surface area contributed by atoms with Gasteiger partial charge in [0, 0.05) is 22.0 Å². The highest BCUT2D eigenvalue weighted by molar-refractivity contribution is 7.12. The second-order valence-corrected chi connectivity index (χ2v) is 6.40. The molecule has 1 aliphatic carbocycles. The number of amides is 2. The predicted molar refractivity (Wildman–Crippen MR) is 91.8 cm³/mol. The van der Waals surface area contributed by atoms with E-state index in [1.807, 2.05) is 24.4 Å². The van der Waals surface area contributed by atoms with Gasteiger partial charge in [0.2, 0.25) is 5.91 Å². The first kappa shape index (κ1) is 15.4. The van der Waals surface area contributed by atoms with Crippen LogP contribution in [0.4, 0.5) is 5.69 Å². The van der Waals surface area contributed by atoms with Gasteiger partial charge in [-0.3, -0.25) is 9.59 Å². The van der Waals surface area contributed by atoms with E-state index in [-0.39, 0.29) is 17.7 Å². The van der Waals surface area contributed by atoms with Gasteiger partial charge in [0.05, 0.1) is 5.71 Å². The van der Waals surface area contributed by atoms with Crippen LogP contribution in [-0.4, -0.2) is 17.5 Å². The molecule has 5 nitrogen and oxygen atoms in total. The van der Waals surface area contributed by atoms with Gasteiger partial charge in [-0.15, -0.1) is 11.3 Å². The maximum atomic E-state index is 12.1. The smallest absolute Gasteiger partial charge is 0.271 e. The Morgan fingerprint density at radius 3 is 2.52 bits per heavy atom. The van der Waals surface area contributed by atoms with E-state index in [1.165, 1.54) is 0 Å². The number of benzene rings is 1. The summed E-state index contributed by atoms with van der Waals surface area (Å²) in [6.07, 6.45) is 1.93. The number of carbonyl (C=O) groups excluding carboxylic acids is 2. The number of hydrazone groups is 1. The molecule has 118 valence electrons. The van der Waals surface area contributed by atoms with Crippen LogP contribution < -0.4 is 10.7 Å². The summed E-state index contributed by atoms with van der Waals surface area (Å²) in [7, 11) is 0. The summed E-state index contributed by atoms with van der Waals surface area (Å²) in [4.78, 5) is 24.8. The van der Waals surface area contributed by atoms with E-state index in [0.29, 0.717) is 11.3 Å². The first-order chi connectivity index (χ1) is 11.1. The zero-order valence-corrected chi connectivity index (χ0v) is 13.5. The molecule has 0 saturated heterocycles. The van der Waals surface area contributed by atoms with Gasteiger partial charge in [-0.2, -0.15) is 5.10 Å². The first-order valence-electron chi connectivity index (χ1n) is 7.43. The van der Waals surface area contributed by atoms with Crippen LogP contribution in [0, 0.1) is 5.92 Å². The number of carbonyl (C=O) groups is 2. The van der Waals surface area contributed by atoms with Crippen LogP contribution >= 0.6 is 11.3 Å². The van der Waals surface area contributed by atoms with Crippen molar-refractivity contribution in [3.8, 4) is 0 Å². The van der Waals surface area contributed by atoms with Crippen LogP contribution in [0.15, 0.2) is 46.9 Å². The largest absolute Gasteiger partial charge is 0.326 e. The molecule has 1 heterocycles. The average Bonchev–Trinajstić information content (AvgIpc) is 3.28. The summed E-state index contributed by atoms with van der Waals surface area (Å²) in [6.45, 7) is 1.85. The van der Waals surface area contributed by atoms with Crippen molar-refractivity contribution >= 4 is 34.6 Å². The van der Waals surface area contributed by atoms with E-state index < -0.39 is 0 Å². The molecular formula is C17H17N3O2S. The molecule has 2 amide bonds. The van der Waals surface area contributed by atoms with Gasteiger partial charge >= 0.3 is 0 Å². The fraction of sp³-hybridized carbons (Fsp3) is 0.235. The zero-order chi connectivity index (χ0) is 16.2. The molecule has 1 aliphatic rings. The molecule has 0 atom stereocenters. The van der Waals surface area contributed by atoms with Gasteiger partial charge < -0.3 is 5.32 Å². The van der Waals surface area contributed by atoms with Crippen molar-refractivity contribution in [2.75, 3.05) is 5.32 Å². The number of hydrogen-bond acceptors (Lipinski definition) is 4. The Morgan fingerprint density at radius 1 is 1.17 bits per heavy atom. The lowest BCUT2D eigenvalue weighted by Gasteiger charge is -2.05. The van der Waals surface area contributed by atoms with Crippen LogP contribution in [-0.2, 0) is 4.79 Å². The lowest BCUT2D eigenvalue weighted by Crippen LogP contribution is -2.19. The molecule has 0 aliphatic heterocycles. The average molecular weight is 327 g/mol. The third-order valence-corrected chi connectivity index (χ3v) is 4.54. The van der Waals surface area contributed by atoms with Crippen molar-refractivity contribution in [1.82, 2.24) is 5.43 Å². The molecule has 6 heteroatoms. The van der Waals surface area contributed by atoms with E-state index in [9.17, 15) is 9.59 Å². The van der Waals surface area contributed by atoms with Crippen molar-refractivity contribution in [2.24, 2.45) is 11.0 Å². The highest BCUT2D eigenvalue weighted by Gasteiger charge is 2.29. The van der Waals surface area contributed by atoms with Gasteiger partial charge in [-0.05, 0) is 55.5 Å². The quantitative estimate of drug-likeness (QED) is 0.654. The summed E-state index contributed by atoms with van der Waals surface area (Å²) in [5.74, 6) is -0.0631. The van der Waals surface area contributed by atoms with Crippen molar-refractivity contribution in [2.45, 2.75) is 19.8 Å². The molecule has 2 aromatic rings. The monoisotopic (exact) mass is 327 g/mol. The number of anilines is 1. The second kappa shape index (κ2) is 6.75. The molecule has 0 unspecified atom stereocenters. The minimum atomic E-state index is -0.277. The number of thiophene rings is 1. The van der Waals surface area contributed by atoms with E-state index in [4.69, 9.17) is 0 Å². The Bertz CT molecular complexity index is 732. The van der Waals surface area contributed by atoms with E-state index in [0.717, 1.165) is 23.4 Å². The number of nitrogens with zero attached hydrogens (tertiary/aromatic N) is 1. The molecule has 1 fully saturated rings. The molecule has 1 aromatic carbocycles. The lowest BCUT2D eigenvalue weighted by molar-refractivity contribution is -0.117. The molecular weight excluding hydrogens is 310 g/mol. The predicted octanol–water partition coefficient (Wildman–Crippen LogP) is 3.25. The van der Waals surface area contributed by atoms with Crippen molar-refractivity contribution in [1.29, 1.82) is 0 Å². The summed E-state index contributed by atoms with van der Waals surface area (Å²) < 4.78 is 0. The van der Waals surface area contributed by atoms with Gasteiger partial charge in [0.1, 0.15) is 0 Å². The maximum absolute atomic E-state index is 12.1. The fourth-order valence-corrected chi connectivity index (χ4v) is 2.71. The summed E-state index contributed by atoms with van der Waals surface area (Å²) in [5.41, 5.74) is 4.51.